The molecule has 242 valence electrons. The molecule has 0 spiro atoms. The van der Waals surface area contributed by atoms with Gasteiger partial charge in [0.15, 0.2) is 12.1 Å². The van der Waals surface area contributed by atoms with E-state index in [0.29, 0.717) is 27.4 Å². The second-order valence-corrected chi connectivity index (χ2v) is 13.5. The van der Waals surface area contributed by atoms with Crippen molar-refractivity contribution in [2.75, 3.05) is 0 Å². The molecule has 0 radical (unpaired) electrons. The van der Waals surface area contributed by atoms with Crippen molar-refractivity contribution in [3.05, 3.63) is 118 Å². The summed E-state index contributed by atoms with van der Waals surface area (Å²) in [5.41, 5.74) is 4.04. The number of rotatable bonds is 10. The molecule has 10 heteroatoms. The Labute approximate surface area is 277 Å². The van der Waals surface area contributed by atoms with Gasteiger partial charge in [-0.1, -0.05) is 87.5 Å². The molecule has 0 saturated heterocycles. The lowest BCUT2D eigenvalue weighted by Gasteiger charge is -2.22. The number of amides is 2. The van der Waals surface area contributed by atoms with E-state index >= 15 is 0 Å². The van der Waals surface area contributed by atoms with Gasteiger partial charge in [-0.15, -0.1) is 11.3 Å². The van der Waals surface area contributed by atoms with Crippen LogP contribution in [0.4, 0.5) is 4.39 Å². The predicted octanol–water partition coefficient (Wildman–Crippen LogP) is 6.13. The van der Waals surface area contributed by atoms with Crippen LogP contribution in [0.1, 0.15) is 47.8 Å². The second kappa shape index (κ2) is 14.3. The minimum absolute atomic E-state index is 0.121. The maximum absolute atomic E-state index is 14.9. The third-order valence-corrected chi connectivity index (χ3v) is 9.21. The Bertz CT molecular complexity index is 1840. The number of carbonyl (C=O) groups excluding carboxylic acids is 2. The molecule has 2 amide bonds. The van der Waals surface area contributed by atoms with Crippen LogP contribution in [0, 0.1) is 5.82 Å². The van der Waals surface area contributed by atoms with E-state index in [1.807, 2.05) is 66.7 Å². The number of hydrogen-bond acceptors (Lipinski definition) is 7. The second-order valence-electron chi connectivity index (χ2n) is 12.4. The third kappa shape index (κ3) is 8.34. The Morgan fingerprint density at radius 1 is 0.830 bits per heavy atom. The molecule has 0 aliphatic rings. The Morgan fingerprint density at radius 2 is 1.49 bits per heavy atom. The molecule has 0 bridgehead atoms. The minimum atomic E-state index is -1.75. The van der Waals surface area contributed by atoms with Gasteiger partial charge in [0.1, 0.15) is 11.9 Å². The van der Waals surface area contributed by atoms with Gasteiger partial charge >= 0.3 is 0 Å². The lowest BCUT2D eigenvalue weighted by atomic mass is 9.95. The van der Waals surface area contributed by atoms with Crippen LogP contribution >= 0.6 is 11.3 Å². The summed E-state index contributed by atoms with van der Waals surface area (Å²) in [6.07, 6.45) is 1.71. The zero-order valence-corrected chi connectivity index (χ0v) is 27.4. The standard InChI is InChI=1S/C37H37FN4O4S/c1-22(36(45)46)41-34(43)30(42-35(44)31-16-17-32(47-31)37(2,3)4)18-23-10-12-25(13-11-23)33-39-20-27(21-40-33)26-14-15-28(29(38)19-26)24-8-6-5-7-9-24/h5-17,19-22,30,36,45-46H,18H2,1-4H3,(H,41,43)(H,42,44)/t22-,30+/m1/s1. The Morgan fingerprint density at radius 3 is 2.09 bits per heavy atom. The number of carbonyl (C=O) groups is 2. The maximum atomic E-state index is 14.9. The minimum Gasteiger partial charge on any atom is -0.366 e. The number of hydrogen-bond donors (Lipinski definition) is 4. The highest BCUT2D eigenvalue weighted by molar-refractivity contribution is 7.14. The van der Waals surface area contributed by atoms with Crippen LogP contribution in [0.5, 0.6) is 0 Å². The first-order valence-corrected chi connectivity index (χ1v) is 16.0. The predicted molar refractivity (Wildman–Crippen MR) is 182 cm³/mol. The first kappa shape index (κ1) is 33.6. The summed E-state index contributed by atoms with van der Waals surface area (Å²) in [6, 6.07) is 23.5. The Kier molecular flexibility index (Phi) is 10.2. The highest BCUT2D eigenvalue weighted by Crippen LogP contribution is 2.30. The van der Waals surface area contributed by atoms with E-state index in [1.165, 1.54) is 24.3 Å². The number of aromatic nitrogens is 2. The van der Waals surface area contributed by atoms with Crippen molar-refractivity contribution in [3.8, 4) is 33.6 Å². The highest BCUT2D eigenvalue weighted by Gasteiger charge is 2.26. The number of halogens is 1. The fourth-order valence-electron chi connectivity index (χ4n) is 4.90. The number of aliphatic hydroxyl groups is 2. The summed E-state index contributed by atoms with van der Waals surface area (Å²) >= 11 is 1.37. The summed E-state index contributed by atoms with van der Waals surface area (Å²) in [5, 5.41) is 24.4. The molecule has 5 aromatic rings. The average molecular weight is 653 g/mol. The molecule has 2 heterocycles. The maximum Gasteiger partial charge on any atom is 0.262 e. The summed E-state index contributed by atoms with van der Waals surface area (Å²) in [6.45, 7) is 7.65. The molecule has 2 atom stereocenters. The van der Waals surface area contributed by atoms with Gasteiger partial charge in [-0.05, 0) is 47.2 Å². The van der Waals surface area contributed by atoms with E-state index in [1.54, 1.807) is 24.5 Å². The van der Waals surface area contributed by atoms with Gasteiger partial charge in [-0.3, -0.25) is 9.59 Å². The molecule has 47 heavy (non-hydrogen) atoms. The molecular formula is C37H37FN4O4S. The number of aliphatic hydroxyl groups excluding tert-OH is 1. The third-order valence-electron chi connectivity index (χ3n) is 7.70. The van der Waals surface area contributed by atoms with Crippen LogP contribution in [-0.4, -0.2) is 50.4 Å². The van der Waals surface area contributed by atoms with Gasteiger partial charge in [-0.25, -0.2) is 14.4 Å². The number of nitrogens with one attached hydrogen (secondary N) is 2. The summed E-state index contributed by atoms with van der Waals surface area (Å²) in [4.78, 5) is 36.8. The van der Waals surface area contributed by atoms with Crippen molar-refractivity contribution in [2.45, 2.75) is 57.9 Å². The molecule has 3 aromatic carbocycles. The zero-order chi connectivity index (χ0) is 33.7. The molecule has 0 saturated carbocycles. The molecule has 0 fully saturated rings. The Hall–Kier alpha value is -4.77. The largest absolute Gasteiger partial charge is 0.366 e. The quantitative estimate of drug-likeness (QED) is 0.135. The molecule has 0 unspecified atom stereocenters. The SMILES string of the molecule is C[C@@H](NC(=O)[C@H](Cc1ccc(-c2ncc(-c3ccc(-c4ccccc4)c(F)c3)cn2)cc1)NC(=O)c1ccc(C(C)(C)C)s1)C(O)O. The van der Waals surface area contributed by atoms with Gasteiger partial charge in [0.25, 0.3) is 5.91 Å². The number of benzene rings is 3. The van der Waals surface area contributed by atoms with E-state index in [0.717, 1.165) is 21.6 Å². The van der Waals surface area contributed by atoms with Crippen molar-refractivity contribution in [3.63, 3.8) is 0 Å². The molecule has 0 aliphatic heterocycles. The summed E-state index contributed by atoms with van der Waals surface area (Å²) < 4.78 is 14.9. The monoisotopic (exact) mass is 652 g/mol. The highest BCUT2D eigenvalue weighted by atomic mass is 32.1. The number of thiophene rings is 1. The lowest BCUT2D eigenvalue weighted by Crippen LogP contribution is -2.52. The Balaban J connectivity index is 1.29. The lowest BCUT2D eigenvalue weighted by molar-refractivity contribution is -0.128. The van der Waals surface area contributed by atoms with Crippen LogP contribution in [0.2, 0.25) is 0 Å². The van der Waals surface area contributed by atoms with Gasteiger partial charge in [0.2, 0.25) is 5.91 Å². The molecule has 5 rings (SSSR count). The van der Waals surface area contributed by atoms with Crippen molar-refractivity contribution < 1.29 is 24.2 Å². The van der Waals surface area contributed by atoms with E-state index in [-0.39, 0.29) is 23.6 Å². The molecule has 4 N–H and O–H groups in total. The fraction of sp³-hybridized carbons (Fsp3) is 0.243. The van der Waals surface area contributed by atoms with Gasteiger partial charge in [0.05, 0.1) is 10.9 Å². The summed E-state index contributed by atoms with van der Waals surface area (Å²) in [7, 11) is 0. The van der Waals surface area contributed by atoms with Crippen molar-refractivity contribution >= 4 is 23.2 Å². The van der Waals surface area contributed by atoms with Crippen molar-refractivity contribution in [1.29, 1.82) is 0 Å². The number of nitrogens with zero attached hydrogens (tertiary/aromatic N) is 2. The molecule has 8 nitrogen and oxygen atoms in total. The van der Waals surface area contributed by atoms with E-state index in [4.69, 9.17) is 0 Å². The molecule has 2 aromatic heterocycles. The van der Waals surface area contributed by atoms with Crippen molar-refractivity contribution in [1.82, 2.24) is 20.6 Å². The van der Waals surface area contributed by atoms with Gasteiger partial charge in [0, 0.05) is 40.4 Å². The van der Waals surface area contributed by atoms with Crippen LogP contribution in [0.15, 0.2) is 97.3 Å². The van der Waals surface area contributed by atoms with Crippen LogP contribution in [0.3, 0.4) is 0 Å². The first-order valence-electron chi connectivity index (χ1n) is 15.2. The normalized spacial score (nSPS) is 12.9. The van der Waals surface area contributed by atoms with E-state index < -0.39 is 24.3 Å². The topological polar surface area (TPSA) is 124 Å². The van der Waals surface area contributed by atoms with Crippen LogP contribution < -0.4 is 10.6 Å². The van der Waals surface area contributed by atoms with Crippen LogP contribution in [0.25, 0.3) is 33.6 Å². The van der Waals surface area contributed by atoms with E-state index in [2.05, 4.69) is 41.4 Å². The summed E-state index contributed by atoms with van der Waals surface area (Å²) in [5.74, 6) is -0.781. The molecule has 0 aliphatic carbocycles. The molecular weight excluding hydrogens is 615 g/mol. The van der Waals surface area contributed by atoms with Gasteiger partial charge < -0.3 is 20.8 Å². The zero-order valence-electron chi connectivity index (χ0n) is 26.6. The van der Waals surface area contributed by atoms with E-state index in [9.17, 15) is 24.2 Å². The van der Waals surface area contributed by atoms with Crippen molar-refractivity contribution in [2.24, 2.45) is 0 Å². The average Bonchev–Trinajstić information content (AvgIpc) is 3.57. The van der Waals surface area contributed by atoms with Gasteiger partial charge in [-0.2, -0.15) is 0 Å². The fourth-order valence-corrected chi connectivity index (χ4v) is 5.87. The van der Waals surface area contributed by atoms with Crippen LogP contribution in [-0.2, 0) is 16.6 Å². The first-order chi connectivity index (χ1) is 22.4. The smallest absolute Gasteiger partial charge is 0.262 e.